The minimum absolute atomic E-state index is 0.0500. The highest BCUT2D eigenvalue weighted by molar-refractivity contribution is 5.86. The van der Waals surface area contributed by atoms with E-state index < -0.39 is 5.97 Å². The number of carboxylic acid groups (broad SMARTS) is 1. The molecule has 1 aromatic carbocycles. The second kappa shape index (κ2) is 6.98. The number of hydrogen-bond donors (Lipinski definition) is 3. The van der Waals surface area contributed by atoms with Crippen molar-refractivity contribution in [3.63, 3.8) is 0 Å². The van der Waals surface area contributed by atoms with Crippen LogP contribution in [0, 0.1) is 6.92 Å². The molecule has 1 aromatic heterocycles. The molecule has 0 fully saturated rings. The number of carboxylic acids is 1. The normalized spacial score (nSPS) is 10.6. The van der Waals surface area contributed by atoms with Gasteiger partial charge in [-0.1, -0.05) is 18.2 Å². The molecule has 0 saturated heterocycles. The van der Waals surface area contributed by atoms with Gasteiger partial charge in [-0.2, -0.15) is 0 Å². The van der Waals surface area contributed by atoms with Gasteiger partial charge in [-0.05, 0) is 24.5 Å². The molecule has 3 N–H and O–H groups in total. The lowest BCUT2D eigenvalue weighted by Gasteiger charge is -2.16. The zero-order valence-electron chi connectivity index (χ0n) is 12.8. The first-order valence-corrected chi connectivity index (χ1v) is 7.25. The maximum atomic E-state index is 11.8. The molecule has 0 aliphatic carbocycles. The third-order valence-corrected chi connectivity index (χ3v) is 3.69. The van der Waals surface area contributed by atoms with Crippen molar-refractivity contribution in [2.45, 2.75) is 19.8 Å². The number of benzene rings is 1. The smallest absolute Gasteiger partial charge is 0.317 e. The number of H-pyrrole nitrogens is 1. The third kappa shape index (κ3) is 3.78. The van der Waals surface area contributed by atoms with Gasteiger partial charge in [0.15, 0.2) is 0 Å². The number of hydrogen-bond acceptors (Lipinski definition) is 2. The summed E-state index contributed by atoms with van der Waals surface area (Å²) in [6.07, 6.45) is 2.64. The summed E-state index contributed by atoms with van der Waals surface area (Å²) >= 11 is 0. The molecule has 2 aromatic rings. The third-order valence-electron chi connectivity index (χ3n) is 3.69. The van der Waals surface area contributed by atoms with Crippen molar-refractivity contribution in [3.05, 3.63) is 35.5 Å². The molecule has 0 radical (unpaired) electrons. The zero-order valence-corrected chi connectivity index (χ0v) is 12.8. The van der Waals surface area contributed by atoms with E-state index in [9.17, 15) is 9.59 Å². The van der Waals surface area contributed by atoms with Crippen LogP contribution in [-0.4, -0.2) is 47.1 Å². The number of para-hydroxylation sites is 1. The monoisotopic (exact) mass is 303 g/mol. The highest BCUT2D eigenvalue weighted by Crippen LogP contribution is 2.21. The van der Waals surface area contributed by atoms with Crippen molar-refractivity contribution in [2.75, 3.05) is 20.1 Å². The Morgan fingerprint density at radius 2 is 2.14 bits per heavy atom. The number of nitrogens with zero attached hydrogens (tertiary/aromatic N) is 1. The Kier molecular flexibility index (Phi) is 5.04. The Bertz CT molecular complexity index is 678. The van der Waals surface area contributed by atoms with E-state index in [1.54, 1.807) is 7.05 Å². The van der Waals surface area contributed by atoms with Crippen LogP contribution < -0.4 is 5.32 Å². The van der Waals surface area contributed by atoms with E-state index in [-0.39, 0.29) is 19.0 Å². The van der Waals surface area contributed by atoms with Crippen molar-refractivity contribution >= 4 is 22.9 Å². The average molecular weight is 303 g/mol. The van der Waals surface area contributed by atoms with Gasteiger partial charge < -0.3 is 20.3 Å². The van der Waals surface area contributed by atoms with E-state index in [0.29, 0.717) is 6.54 Å². The number of amides is 2. The zero-order chi connectivity index (χ0) is 16.1. The highest BCUT2D eigenvalue weighted by atomic mass is 16.4. The number of aromatic nitrogens is 1. The predicted molar refractivity (Wildman–Crippen MR) is 85.0 cm³/mol. The number of nitrogens with one attached hydrogen (secondary N) is 2. The fourth-order valence-electron chi connectivity index (χ4n) is 2.37. The van der Waals surface area contributed by atoms with E-state index in [0.717, 1.165) is 17.5 Å². The number of rotatable bonds is 6. The standard InChI is InChI=1S/C16H21N3O3/c1-11-4-3-5-13-12(10-18-15(11)13)6-8-17-16(22)19(2)9-7-14(20)21/h3-5,10,18H,6-9H2,1-2H3,(H,17,22)(H,20,21). The topological polar surface area (TPSA) is 85.4 Å². The molecule has 22 heavy (non-hydrogen) atoms. The molecule has 0 spiro atoms. The number of carbonyl (C=O) groups excluding carboxylic acids is 1. The van der Waals surface area contributed by atoms with Crippen LogP contribution in [0.4, 0.5) is 4.79 Å². The Balaban J connectivity index is 1.86. The summed E-state index contributed by atoms with van der Waals surface area (Å²) in [5.41, 5.74) is 3.48. The van der Waals surface area contributed by atoms with Crippen molar-refractivity contribution in [1.29, 1.82) is 0 Å². The van der Waals surface area contributed by atoms with Crippen LogP contribution in [0.1, 0.15) is 17.5 Å². The number of aliphatic carboxylic acids is 1. The lowest BCUT2D eigenvalue weighted by molar-refractivity contribution is -0.137. The molecule has 6 heteroatoms. The Morgan fingerprint density at radius 1 is 1.36 bits per heavy atom. The van der Waals surface area contributed by atoms with Gasteiger partial charge in [0.05, 0.1) is 6.42 Å². The second-order valence-corrected chi connectivity index (χ2v) is 5.36. The van der Waals surface area contributed by atoms with Gasteiger partial charge in [0, 0.05) is 37.2 Å². The van der Waals surface area contributed by atoms with Gasteiger partial charge in [-0.3, -0.25) is 4.79 Å². The molecule has 0 atom stereocenters. The van der Waals surface area contributed by atoms with Gasteiger partial charge in [0.1, 0.15) is 0 Å². The summed E-state index contributed by atoms with van der Waals surface area (Å²) in [7, 11) is 1.59. The number of urea groups is 1. The molecule has 2 rings (SSSR count). The van der Waals surface area contributed by atoms with Crippen LogP contribution in [0.25, 0.3) is 10.9 Å². The summed E-state index contributed by atoms with van der Waals surface area (Å²) in [4.78, 5) is 26.9. The van der Waals surface area contributed by atoms with Crippen LogP contribution in [0.5, 0.6) is 0 Å². The molecule has 1 heterocycles. The fourth-order valence-corrected chi connectivity index (χ4v) is 2.37. The highest BCUT2D eigenvalue weighted by Gasteiger charge is 2.10. The van der Waals surface area contributed by atoms with E-state index in [2.05, 4.69) is 29.4 Å². The predicted octanol–water partition coefficient (Wildman–Crippen LogP) is 2.13. The molecule has 2 amide bonds. The minimum atomic E-state index is -0.909. The molecule has 0 saturated carbocycles. The summed E-state index contributed by atoms with van der Waals surface area (Å²) in [5, 5.41) is 12.6. The number of aryl methyl sites for hydroxylation is 1. The van der Waals surface area contributed by atoms with Gasteiger partial charge >= 0.3 is 12.0 Å². The fraction of sp³-hybridized carbons (Fsp3) is 0.375. The SMILES string of the molecule is Cc1cccc2c(CCNC(=O)N(C)CCC(=O)O)c[nH]c12. The van der Waals surface area contributed by atoms with E-state index in [4.69, 9.17) is 5.11 Å². The van der Waals surface area contributed by atoms with Crippen LogP contribution in [0.3, 0.4) is 0 Å². The molecular weight excluding hydrogens is 282 g/mol. The largest absolute Gasteiger partial charge is 0.481 e. The van der Waals surface area contributed by atoms with Gasteiger partial charge in [-0.15, -0.1) is 0 Å². The second-order valence-electron chi connectivity index (χ2n) is 5.36. The van der Waals surface area contributed by atoms with Gasteiger partial charge in [-0.25, -0.2) is 4.79 Å². The first kappa shape index (κ1) is 15.9. The molecule has 0 bridgehead atoms. The first-order valence-electron chi connectivity index (χ1n) is 7.25. The first-order chi connectivity index (χ1) is 10.5. The summed E-state index contributed by atoms with van der Waals surface area (Å²) in [6.45, 7) is 2.77. The van der Waals surface area contributed by atoms with Crippen LogP contribution in [-0.2, 0) is 11.2 Å². The molecule has 6 nitrogen and oxygen atoms in total. The van der Waals surface area contributed by atoms with Gasteiger partial charge in [0.2, 0.25) is 0 Å². The Morgan fingerprint density at radius 3 is 2.86 bits per heavy atom. The molecule has 0 aliphatic heterocycles. The van der Waals surface area contributed by atoms with E-state index in [1.165, 1.54) is 15.8 Å². The molecule has 0 aliphatic rings. The van der Waals surface area contributed by atoms with E-state index in [1.807, 2.05) is 12.3 Å². The Labute approximate surface area is 129 Å². The summed E-state index contributed by atoms with van der Waals surface area (Å²) in [6, 6.07) is 5.89. The Hall–Kier alpha value is -2.50. The van der Waals surface area contributed by atoms with Crippen molar-refractivity contribution in [1.82, 2.24) is 15.2 Å². The quantitative estimate of drug-likeness (QED) is 0.764. The van der Waals surface area contributed by atoms with Crippen molar-refractivity contribution < 1.29 is 14.7 Å². The number of aromatic amines is 1. The molecule has 118 valence electrons. The number of fused-ring (bicyclic) bond motifs is 1. The number of carbonyl (C=O) groups is 2. The van der Waals surface area contributed by atoms with Crippen molar-refractivity contribution in [2.24, 2.45) is 0 Å². The average Bonchev–Trinajstić information content (AvgIpc) is 2.89. The lowest BCUT2D eigenvalue weighted by Crippen LogP contribution is -2.39. The van der Waals surface area contributed by atoms with Crippen LogP contribution >= 0.6 is 0 Å². The maximum absolute atomic E-state index is 11.8. The molecular formula is C16H21N3O3. The van der Waals surface area contributed by atoms with E-state index >= 15 is 0 Å². The van der Waals surface area contributed by atoms with Gasteiger partial charge in [0.25, 0.3) is 0 Å². The lowest BCUT2D eigenvalue weighted by atomic mass is 10.1. The van der Waals surface area contributed by atoms with Crippen LogP contribution in [0.15, 0.2) is 24.4 Å². The summed E-state index contributed by atoms with van der Waals surface area (Å²) in [5.74, 6) is -0.909. The van der Waals surface area contributed by atoms with Crippen LogP contribution in [0.2, 0.25) is 0 Å². The summed E-state index contributed by atoms with van der Waals surface area (Å²) < 4.78 is 0. The van der Waals surface area contributed by atoms with Crippen molar-refractivity contribution in [3.8, 4) is 0 Å². The maximum Gasteiger partial charge on any atom is 0.317 e. The minimum Gasteiger partial charge on any atom is -0.481 e. The molecule has 0 unspecified atom stereocenters.